The van der Waals surface area contributed by atoms with Gasteiger partial charge in [-0.1, -0.05) is 72.8 Å². The number of benzene rings is 8. The minimum Gasteiger partial charge on any atom is -0.507 e. The summed E-state index contributed by atoms with van der Waals surface area (Å²) in [6.45, 7) is 2.05. The number of fused-ring (bicyclic) bond motifs is 8. The molecule has 0 unspecified atom stereocenters. The number of ether oxygens (including phenoxy) is 1. The van der Waals surface area contributed by atoms with Crippen LogP contribution in [-0.4, -0.2) is 25.3 Å². The van der Waals surface area contributed by atoms with Crippen LogP contribution in [0.15, 0.2) is 222 Å². The second-order valence-corrected chi connectivity index (χ2v) is 19.7. The smallest absolute Gasteiger partial charge is 0.152 e. The summed E-state index contributed by atoms with van der Waals surface area (Å²) in [6.07, 6.45) is 0.343. The molecule has 0 aliphatic heterocycles. The van der Waals surface area contributed by atoms with Crippen molar-refractivity contribution in [1.82, 2.24) is 9.97 Å². The maximum Gasteiger partial charge on any atom is 0.152 e. The van der Waals surface area contributed by atoms with Gasteiger partial charge in [0.2, 0.25) is 0 Å². The number of phenolic OH excluding ortho intramolecular Hbond substituents is 3. The number of aromatic hydroxyl groups is 3. The standard InChI is InChI=1S/C60H46N10O4S2/c1-37-35-75-59(61-37)60-62-54(36-76-60)34-74-58-44-24-42-30-51(68-64-47-16-8-3-9-17-47)28-40(56(42)72)22-38-26-50(67-63-46-14-6-2-7-15-46)27-39(55(38)71)23-41-29-52(69-65-48-18-10-4-11-19-48)31-43(57(41)73)25-45(58)33-53(32-44)70-66-49-20-12-5-13-21-49/h2-21,26-33,35-36,71-73H,22-25,34H2,1H3. The molecule has 2 aromatic heterocycles. The van der Waals surface area contributed by atoms with Crippen molar-refractivity contribution < 1.29 is 20.1 Å². The molecule has 16 heteroatoms. The maximum absolute atomic E-state index is 12.5. The minimum absolute atomic E-state index is 0.00833. The van der Waals surface area contributed by atoms with Crippen LogP contribution in [0, 0.1) is 6.92 Å². The van der Waals surface area contributed by atoms with Gasteiger partial charge < -0.3 is 20.1 Å². The molecule has 0 saturated heterocycles. The third-order valence-electron chi connectivity index (χ3n) is 12.4. The Labute approximate surface area is 445 Å². The Morgan fingerprint density at radius 3 is 1.00 bits per heavy atom. The van der Waals surface area contributed by atoms with E-state index in [9.17, 15) is 15.3 Å². The zero-order valence-electron chi connectivity index (χ0n) is 40.9. The van der Waals surface area contributed by atoms with Crippen LogP contribution >= 0.6 is 22.7 Å². The van der Waals surface area contributed by atoms with Crippen molar-refractivity contribution in [2.75, 3.05) is 0 Å². The molecule has 0 saturated carbocycles. The molecule has 1 aliphatic rings. The molecule has 0 radical (unpaired) electrons. The summed E-state index contributed by atoms with van der Waals surface area (Å²) in [5, 5.41) is 80.0. The highest BCUT2D eigenvalue weighted by Crippen LogP contribution is 2.44. The van der Waals surface area contributed by atoms with E-state index in [-0.39, 0.29) is 49.5 Å². The zero-order chi connectivity index (χ0) is 51.8. The van der Waals surface area contributed by atoms with Crippen molar-refractivity contribution in [3.63, 3.8) is 0 Å². The van der Waals surface area contributed by atoms with Gasteiger partial charge in [0, 0.05) is 86.6 Å². The van der Waals surface area contributed by atoms with Gasteiger partial charge in [-0.2, -0.15) is 40.9 Å². The topological polar surface area (TPSA) is 195 Å². The van der Waals surface area contributed by atoms with Crippen LogP contribution in [0.3, 0.4) is 0 Å². The van der Waals surface area contributed by atoms with Gasteiger partial charge in [0.25, 0.3) is 0 Å². The summed E-state index contributed by atoms with van der Waals surface area (Å²) >= 11 is 3.03. The lowest BCUT2D eigenvalue weighted by Gasteiger charge is -2.20. The number of aryl methyl sites for hydroxylation is 1. The van der Waals surface area contributed by atoms with Crippen LogP contribution in [0.5, 0.6) is 23.0 Å². The number of nitrogens with zero attached hydrogens (tertiary/aromatic N) is 10. The normalized spacial score (nSPS) is 12.6. The molecule has 76 heavy (non-hydrogen) atoms. The second kappa shape index (κ2) is 22.4. The molecule has 0 spiro atoms. The Bertz CT molecular complexity index is 3670. The maximum atomic E-state index is 12.5. The lowest BCUT2D eigenvalue weighted by atomic mass is 9.90. The van der Waals surface area contributed by atoms with Gasteiger partial charge in [-0.15, -0.1) is 22.7 Å². The first-order valence-electron chi connectivity index (χ1n) is 24.3. The molecule has 372 valence electrons. The number of hydrogen-bond donors (Lipinski definition) is 3. The molecular formula is C60H46N10O4S2. The molecule has 3 N–H and O–H groups in total. The van der Waals surface area contributed by atoms with E-state index < -0.39 is 0 Å². The van der Waals surface area contributed by atoms with Crippen molar-refractivity contribution in [2.45, 2.75) is 39.2 Å². The van der Waals surface area contributed by atoms with E-state index >= 15 is 0 Å². The molecule has 14 nitrogen and oxygen atoms in total. The van der Waals surface area contributed by atoms with Crippen LogP contribution < -0.4 is 4.74 Å². The molecule has 10 aromatic rings. The van der Waals surface area contributed by atoms with Crippen LogP contribution in [0.2, 0.25) is 0 Å². The average Bonchev–Trinajstić information content (AvgIpc) is 4.13. The average molecular weight is 1040 g/mol. The highest BCUT2D eigenvalue weighted by Gasteiger charge is 2.24. The molecule has 0 atom stereocenters. The Balaban J connectivity index is 1.12. The Morgan fingerprint density at radius 1 is 0.382 bits per heavy atom. The van der Waals surface area contributed by atoms with Crippen LogP contribution in [0.4, 0.5) is 45.5 Å². The quantitative estimate of drug-likeness (QED) is 0.102. The first-order chi connectivity index (χ1) is 37.2. The van der Waals surface area contributed by atoms with E-state index in [0.717, 1.165) is 15.7 Å². The largest absolute Gasteiger partial charge is 0.507 e. The van der Waals surface area contributed by atoms with Gasteiger partial charge in [0.15, 0.2) is 10.0 Å². The van der Waals surface area contributed by atoms with Gasteiger partial charge in [0.1, 0.15) is 29.6 Å². The molecule has 1 aliphatic carbocycles. The van der Waals surface area contributed by atoms with Crippen molar-refractivity contribution in [3.05, 3.63) is 237 Å². The number of phenols is 3. The van der Waals surface area contributed by atoms with Gasteiger partial charge in [-0.3, -0.25) is 0 Å². The van der Waals surface area contributed by atoms with Crippen molar-refractivity contribution in [3.8, 4) is 33.0 Å². The molecular weight excluding hydrogens is 989 g/mol. The summed E-state index contributed by atoms with van der Waals surface area (Å²) in [5.41, 5.74) is 10.3. The van der Waals surface area contributed by atoms with Crippen molar-refractivity contribution >= 4 is 68.2 Å². The van der Waals surface area contributed by atoms with E-state index in [4.69, 9.17) is 14.8 Å². The molecule has 0 amide bonds. The fourth-order valence-corrected chi connectivity index (χ4v) is 10.4. The fraction of sp³-hybridized carbons (Fsp3) is 0.100. The highest BCUT2D eigenvalue weighted by molar-refractivity contribution is 7.19. The van der Waals surface area contributed by atoms with E-state index in [2.05, 4.69) is 40.8 Å². The van der Waals surface area contributed by atoms with E-state index in [1.54, 1.807) is 36.4 Å². The Hall–Kier alpha value is -9.38. The van der Waals surface area contributed by atoms with Gasteiger partial charge in [0.05, 0.1) is 51.2 Å². The van der Waals surface area contributed by atoms with Crippen molar-refractivity contribution in [1.29, 1.82) is 0 Å². The number of hydrogen-bond acceptors (Lipinski definition) is 16. The molecule has 8 aromatic carbocycles. The monoisotopic (exact) mass is 1030 g/mol. The highest BCUT2D eigenvalue weighted by atomic mass is 32.1. The summed E-state index contributed by atoms with van der Waals surface area (Å²) < 4.78 is 6.94. The van der Waals surface area contributed by atoms with Crippen LogP contribution in [0.1, 0.15) is 55.9 Å². The van der Waals surface area contributed by atoms with Crippen LogP contribution in [0.25, 0.3) is 10.0 Å². The van der Waals surface area contributed by atoms with Gasteiger partial charge >= 0.3 is 0 Å². The number of thiazole rings is 2. The first kappa shape index (κ1) is 48.9. The van der Waals surface area contributed by atoms with Crippen molar-refractivity contribution in [2.24, 2.45) is 40.9 Å². The van der Waals surface area contributed by atoms with E-state index in [0.29, 0.717) is 101 Å². The molecule has 2 heterocycles. The lowest BCUT2D eigenvalue weighted by molar-refractivity contribution is 0.296. The summed E-state index contributed by atoms with van der Waals surface area (Å²) in [6, 6.07) is 52.0. The van der Waals surface area contributed by atoms with E-state index in [1.165, 1.54) is 22.7 Å². The Morgan fingerprint density at radius 2 is 0.671 bits per heavy atom. The predicted molar refractivity (Wildman–Crippen MR) is 297 cm³/mol. The third-order valence-corrected chi connectivity index (χ3v) is 14.4. The number of rotatable bonds is 12. The summed E-state index contributed by atoms with van der Waals surface area (Å²) in [5.74, 6) is 0.443. The lowest BCUT2D eigenvalue weighted by Crippen LogP contribution is -2.06. The summed E-state index contributed by atoms with van der Waals surface area (Å²) in [7, 11) is 0. The van der Waals surface area contributed by atoms with E-state index in [1.807, 2.05) is 151 Å². The third kappa shape index (κ3) is 11.7. The molecule has 0 fully saturated rings. The number of aromatic nitrogens is 2. The fourth-order valence-electron chi connectivity index (χ4n) is 8.78. The minimum atomic E-state index is -0.0372. The zero-order valence-corrected chi connectivity index (χ0v) is 42.5. The first-order valence-corrected chi connectivity index (χ1v) is 26.1. The Kier molecular flexibility index (Phi) is 14.4. The predicted octanol–water partition coefficient (Wildman–Crippen LogP) is 17.6. The molecule has 8 bridgehead atoms. The SMILES string of the molecule is Cc1csc(-c2nc(COc3c4cc(N=Nc5ccccc5)cc3Cc3cc(N=Nc5ccccc5)cc(c3O)Cc3cc(N=Nc5ccccc5)cc(c3O)Cc3cc(N=Nc5ccccc5)cc(c3O)C4)cs2)n1. The number of azo groups is 4. The summed E-state index contributed by atoms with van der Waals surface area (Å²) in [4.78, 5) is 9.58. The van der Waals surface area contributed by atoms with Crippen LogP contribution in [-0.2, 0) is 32.3 Å². The molecule has 11 rings (SSSR count). The second-order valence-electron chi connectivity index (χ2n) is 18.0. The van der Waals surface area contributed by atoms with Gasteiger partial charge in [-0.25, -0.2) is 9.97 Å². The van der Waals surface area contributed by atoms with Gasteiger partial charge in [-0.05, 0) is 104 Å².